The minimum absolute atomic E-state index is 0.812. The van der Waals surface area contributed by atoms with Gasteiger partial charge in [-0.05, 0) is 0 Å². The fraction of sp³-hybridized carbons (Fsp3) is 0.800. The second kappa shape index (κ2) is 12.7. The van der Waals surface area contributed by atoms with Crippen LogP contribution in [0.2, 0.25) is 0 Å². The summed E-state index contributed by atoms with van der Waals surface area (Å²) in [6.07, 6.45) is 0. The van der Waals surface area contributed by atoms with Crippen molar-refractivity contribution in [3.8, 4) is 0 Å². The zero-order valence-corrected chi connectivity index (χ0v) is 24.7. The molecule has 0 spiro atoms. The molecular weight excluding hydrogens is 439 g/mol. The molecule has 13 heteroatoms. The SMILES string of the molecule is CN=C(N(C)C)N(C)[P+](N(C)C(=NC)N(C)C)(N(C)C(=NC)N(C)C)N(C)C(=NC)N(C)C. The third-order valence-corrected chi connectivity index (χ3v) is 9.10. The van der Waals surface area contributed by atoms with Crippen molar-refractivity contribution in [2.75, 3.05) is 113 Å². The maximum Gasteiger partial charge on any atom is 0.415 e. The highest BCUT2D eigenvalue weighted by Crippen LogP contribution is 2.68. The summed E-state index contributed by atoms with van der Waals surface area (Å²) in [5.74, 6) is 3.25. The molecule has 0 radical (unpaired) electrons. The van der Waals surface area contributed by atoms with Crippen molar-refractivity contribution in [1.29, 1.82) is 0 Å². The van der Waals surface area contributed by atoms with E-state index < -0.39 is 7.87 Å². The summed E-state index contributed by atoms with van der Waals surface area (Å²) in [5.41, 5.74) is 0. The second-order valence-corrected chi connectivity index (χ2v) is 11.8. The minimum atomic E-state index is -2.72. The van der Waals surface area contributed by atoms with Gasteiger partial charge < -0.3 is 19.6 Å². The van der Waals surface area contributed by atoms with E-state index >= 15 is 0 Å². The number of hydrogen-bond donors (Lipinski definition) is 0. The van der Waals surface area contributed by atoms with Gasteiger partial charge >= 0.3 is 7.87 Å². The van der Waals surface area contributed by atoms with E-state index in [2.05, 4.69) is 66.8 Å². The Labute approximate surface area is 203 Å². The molecule has 0 rings (SSSR count). The number of aliphatic imine (C=N–C) groups is 4. The van der Waals surface area contributed by atoms with Crippen LogP contribution in [0.3, 0.4) is 0 Å². The molecular formula is C20H48N12P+. The van der Waals surface area contributed by atoms with Crippen molar-refractivity contribution in [1.82, 2.24) is 38.3 Å². The summed E-state index contributed by atoms with van der Waals surface area (Å²) >= 11 is 0. The first-order valence-corrected chi connectivity index (χ1v) is 12.2. The monoisotopic (exact) mass is 487 g/mol. The third kappa shape index (κ3) is 5.90. The highest BCUT2D eigenvalue weighted by atomic mass is 31.2. The molecule has 0 saturated carbocycles. The Hall–Kier alpha value is -2.49. The quantitative estimate of drug-likeness (QED) is 0.324. The van der Waals surface area contributed by atoms with E-state index in [-0.39, 0.29) is 0 Å². The predicted octanol–water partition coefficient (Wildman–Crippen LogP) is 0.581. The van der Waals surface area contributed by atoms with Crippen molar-refractivity contribution in [3.63, 3.8) is 0 Å². The molecule has 0 aromatic rings. The van der Waals surface area contributed by atoms with Crippen LogP contribution in [0.5, 0.6) is 0 Å². The van der Waals surface area contributed by atoms with Crippen LogP contribution in [-0.4, -0.2) is 175 Å². The molecule has 0 aliphatic rings. The second-order valence-electron chi connectivity index (χ2n) is 8.30. The highest BCUT2D eigenvalue weighted by molar-refractivity contribution is 7.69. The topological polar surface area (TPSA) is 75.4 Å². The van der Waals surface area contributed by atoms with E-state index in [1.165, 1.54) is 0 Å². The molecule has 192 valence electrons. The maximum absolute atomic E-state index is 4.65. The van der Waals surface area contributed by atoms with Gasteiger partial charge in [-0.15, -0.1) is 0 Å². The molecule has 33 heavy (non-hydrogen) atoms. The van der Waals surface area contributed by atoms with Crippen molar-refractivity contribution >= 4 is 31.7 Å². The fourth-order valence-electron chi connectivity index (χ4n) is 4.22. The summed E-state index contributed by atoms with van der Waals surface area (Å²) in [6, 6.07) is 0. The Morgan fingerprint density at radius 1 is 0.364 bits per heavy atom. The maximum atomic E-state index is 4.65. The Balaban J connectivity index is 7.75. The molecule has 0 bridgehead atoms. The van der Waals surface area contributed by atoms with Gasteiger partial charge in [0.1, 0.15) is 0 Å². The lowest BCUT2D eigenvalue weighted by Crippen LogP contribution is -2.60. The fourth-order valence-corrected chi connectivity index (χ4v) is 8.67. The van der Waals surface area contributed by atoms with Crippen LogP contribution < -0.4 is 0 Å². The molecule has 0 N–H and O–H groups in total. The van der Waals surface area contributed by atoms with E-state index in [0.717, 1.165) is 23.8 Å². The Morgan fingerprint density at radius 3 is 0.606 bits per heavy atom. The average molecular weight is 488 g/mol. The molecule has 0 saturated heterocycles. The van der Waals surface area contributed by atoms with Gasteiger partial charge in [-0.1, -0.05) is 0 Å². The Morgan fingerprint density at radius 2 is 0.515 bits per heavy atom. The first-order valence-electron chi connectivity index (χ1n) is 10.6. The number of nitrogens with zero attached hydrogens (tertiary/aromatic N) is 12. The van der Waals surface area contributed by atoms with E-state index in [9.17, 15) is 0 Å². The van der Waals surface area contributed by atoms with Gasteiger partial charge in [-0.25, -0.2) is 0 Å². The number of guanidine groups is 4. The summed E-state index contributed by atoms with van der Waals surface area (Å²) in [4.78, 5) is 26.6. The summed E-state index contributed by atoms with van der Waals surface area (Å²) in [6.45, 7) is 0. The molecule has 0 amide bonds. The lowest BCUT2D eigenvalue weighted by Gasteiger charge is -2.50. The molecule has 0 fully saturated rings. The first-order chi connectivity index (χ1) is 15.2. The van der Waals surface area contributed by atoms with E-state index in [4.69, 9.17) is 0 Å². The van der Waals surface area contributed by atoms with Crippen molar-refractivity contribution < 1.29 is 0 Å². The van der Waals surface area contributed by atoms with Gasteiger partial charge in [0.05, 0.1) is 28.2 Å². The van der Waals surface area contributed by atoms with Crippen LogP contribution in [0.15, 0.2) is 20.0 Å². The molecule has 0 unspecified atom stereocenters. The number of hydrogen-bond acceptors (Lipinski definition) is 4. The summed E-state index contributed by atoms with van der Waals surface area (Å²) in [5, 5.41) is 0. The zero-order valence-electron chi connectivity index (χ0n) is 23.8. The molecule has 0 heterocycles. The van der Waals surface area contributed by atoms with Crippen LogP contribution >= 0.6 is 7.87 Å². The van der Waals surface area contributed by atoms with Crippen molar-refractivity contribution in [2.45, 2.75) is 0 Å². The van der Waals surface area contributed by atoms with E-state index in [0.29, 0.717) is 0 Å². The largest absolute Gasteiger partial charge is 0.415 e. The number of rotatable bonds is 4. The van der Waals surface area contributed by atoms with Crippen LogP contribution in [0.4, 0.5) is 0 Å². The molecule has 0 aliphatic heterocycles. The van der Waals surface area contributed by atoms with Gasteiger partial charge in [-0.2, -0.15) is 18.7 Å². The van der Waals surface area contributed by atoms with Gasteiger partial charge in [0, 0.05) is 84.6 Å². The van der Waals surface area contributed by atoms with Gasteiger partial charge in [-0.3, -0.25) is 20.0 Å². The summed E-state index contributed by atoms with van der Waals surface area (Å²) < 4.78 is 8.85. The molecule has 0 aliphatic carbocycles. The molecule has 12 nitrogen and oxygen atoms in total. The predicted molar refractivity (Wildman–Crippen MR) is 146 cm³/mol. The van der Waals surface area contributed by atoms with Crippen LogP contribution in [0.25, 0.3) is 0 Å². The molecule has 0 aromatic heterocycles. The summed E-state index contributed by atoms with van der Waals surface area (Å²) in [7, 11) is 28.7. The van der Waals surface area contributed by atoms with Gasteiger partial charge in [0.2, 0.25) is 23.8 Å². The minimum Gasteiger partial charge on any atom is -0.346 e. The van der Waals surface area contributed by atoms with Gasteiger partial charge in [0.15, 0.2) is 0 Å². The van der Waals surface area contributed by atoms with Crippen LogP contribution in [-0.2, 0) is 0 Å². The Kier molecular flexibility index (Phi) is 11.7. The third-order valence-electron chi connectivity index (χ3n) is 5.17. The normalized spacial score (nSPS) is 15.0. The zero-order chi connectivity index (χ0) is 26.3. The van der Waals surface area contributed by atoms with E-state index in [1.807, 2.05) is 104 Å². The van der Waals surface area contributed by atoms with Crippen molar-refractivity contribution in [3.05, 3.63) is 0 Å². The average Bonchev–Trinajstić information content (AvgIpc) is 2.69. The van der Waals surface area contributed by atoms with Crippen molar-refractivity contribution in [2.24, 2.45) is 20.0 Å². The lowest BCUT2D eigenvalue weighted by atomic mass is 10.8. The smallest absolute Gasteiger partial charge is 0.346 e. The van der Waals surface area contributed by atoms with Crippen LogP contribution in [0, 0.1) is 0 Å². The van der Waals surface area contributed by atoms with E-state index in [1.54, 1.807) is 0 Å². The molecule has 0 aromatic carbocycles. The lowest BCUT2D eigenvalue weighted by molar-refractivity contribution is 0.409. The van der Waals surface area contributed by atoms with Gasteiger partial charge in [0.25, 0.3) is 0 Å². The molecule has 0 atom stereocenters. The van der Waals surface area contributed by atoms with Crippen LogP contribution in [0.1, 0.15) is 0 Å². The standard InChI is InChI=1S/C20H48N12P/c1-21-17(25(5)6)29(13)33(30(14)18(22-2)26(7)8,31(15)19(23-3)27(9)10)32(16)20(24-4)28(11)12/h1-16H3/q+1. The highest BCUT2D eigenvalue weighted by Gasteiger charge is 2.63. The Bertz CT molecular complexity index is 616. The first kappa shape index (κ1) is 30.5.